The monoisotopic (exact) mass is 470 g/mol. The number of benzene rings is 1. The highest BCUT2D eigenvalue weighted by Crippen LogP contribution is 2.24. The molecule has 0 spiro atoms. The van der Waals surface area contributed by atoms with E-state index in [1.54, 1.807) is 27.7 Å². The summed E-state index contributed by atoms with van der Waals surface area (Å²) in [5.41, 5.74) is 9.72. The zero-order chi connectivity index (χ0) is 24.4. The number of nitrogens with two attached hydrogens (primary N) is 1. The van der Waals surface area contributed by atoms with Crippen LogP contribution in [0, 0.1) is 6.92 Å². The van der Waals surface area contributed by atoms with E-state index in [9.17, 15) is 9.59 Å². The van der Waals surface area contributed by atoms with Crippen LogP contribution in [0.3, 0.4) is 0 Å². The van der Waals surface area contributed by atoms with Crippen molar-refractivity contribution in [3.05, 3.63) is 93.9 Å². The van der Waals surface area contributed by atoms with Gasteiger partial charge in [0, 0.05) is 43.1 Å². The predicted octanol–water partition coefficient (Wildman–Crippen LogP) is 2.13. The molecule has 3 aromatic heterocycles. The summed E-state index contributed by atoms with van der Waals surface area (Å²) in [4.78, 5) is 34.8. The zero-order valence-corrected chi connectivity index (χ0v) is 19.3. The Bertz CT molecular complexity index is 1430. The van der Waals surface area contributed by atoms with Crippen molar-refractivity contribution in [2.45, 2.75) is 38.9 Å². The number of pyridine rings is 1. The molecule has 0 fully saturated rings. The van der Waals surface area contributed by atoms with E-state index >= 15 is 0 Å². The van der Waals surface area contributed by atoms with Gasteiger partial charge in [-0.1, -0.05) is 18.2 Å². The molecule has 0 saturated carbocycles. The van der Waals surface area contributed by atoms with Gasteiger partial charge in [0.15, 0.2) is 5.82 Å². The molecule has 0 saturated heterocycles. The first-order chi connectivity index (χ1) is 17.0. The number of hydrogen-bond donors (Lipinski definition) is 3. The van der Waals surface area contributed by atoms with Crippen LogP contribution < -0.4 is 21.9 Å². The van der Waals surface area contributed by atoms with Gasteiger partial charge in [-0.15, -0.1) is 0 Å². The average Bonchev–Trinajstić information content (AvgIpc) is 3.54. The molecule has 4 heterocycles. The van der Waals surface area contributed by atoms with E-state index < -0.39 is 6.04 Å². The maximum absolute atomic E-state index is 13.2. The number of nitrogens with one attached hydrogen (secondary N) is 2. The second-order valence-corrected chi connectivity index (χ2v) is 8.50. The van der Waals surface area contributed by atoms with E-state index in [1.807, 2.05) is 49.5 Å². The van der Waals surface area contributed by atoms with Gasteiger partial charge < -0.3 is 16.4 Å². The molecule has 0 aliphatic carbocycles. The van der Waals surface area contributed by atoms with Crippen LogP contribution in [0.25, 0.3) is 5.69 Å². The molecular formula is C25H26N8O2. The number of rotatable bonds is 7. The molecule has 1 atom stereocenters. The maximum Gasteiger partial charge on any atom is 0.294 e. The molecule has 0 radical (unpaired) electrons. The number of amides is 1. The number of nitrogens with zero attached hydrogens (tertiary/aromatic N) is 5. The van der Waals surface area contributed by atoms with Crippen LogP contribution in [0.1, 0.15) is 35.0 Å². The van der Waals surface area contributed by atoms with Crippen LogP contribution in [0.2, 0.25) is 0 Å². The average molecular weight is 471 g/mol. The summed E-state index contributed by atoms with van der Waals surface area (Å²) in [6.45, 7) is 2.58. The van der Waals surface area contributed by atoms with Crippen molar-refractivity contribution < 1.29 is 4.79 Å². The quantitative estimate of drug-likeness (QED) is 0.377. The molecule has 4 aromatic rings. The minimum Gasteiger partial charge on any atom is -0.384 e. The summed E-state index contributed by atoms with van der Waals surface area (Å²) >= 11 is 0. The Balaban J connectivity index is 1.29. The van der Waals surface area contributed by atoms with Crippen molar-refractivity contribution >= 4 is 17.5 Å². The Hall–Kier alpha value is -4.47. The van der Waals surface area contributed by atoms with Crippen LogP contribution in [-0.4, -0.2) is 30.2 Å². The number of carbonyl (C=O) groups is 1. The van der Waals surface area contributed by atoms with Gasteiger partial charge in [0.05, 0.1) is 5.69 Å². The Labute approximate surface area is 201 Å². The molecule has 10 heteroatoms. The smallest absolute Gasteiger partial charge is 0.294 e. The van der Waals surface area contributed by atoms with Crippen LogP contribution >= 0.6 is 0 Å². The van der Waals surface area contributed by atoms with E-state index in [4.69, 9.17) is 5.73 Å². The summed E-state index contributed by atoms with van der Waals surface area (Å²) in [5.74, 6) is 0.456. The molecule has 10 nitrogen and oxygen atoms in total. The van der Waals surface area contributed by atoms with Gasteiger partial charge in [-0.2, -0.15) is 5.10 Å². The van der Waals surface area contributed by atoms with Crippen molar-refractivity contribution in [1.82, 2.24) is 29.6 Å². The van der Waals surface area contributed by atoms with E-state index in [0.717, 1.165) is 28.2 Å². The topological polar surface area (TPSA) is 133 Å². The van der Waals surface area contributed by atoms with Crippen molar-refractivity contribution in [1.29, 1.82) is 0 Å². The fourth-order valence-electron chi connectivity index (χ4n) is 4.32. The Morgan fingerprint density at radius 1 is 1.20 bits per heavy atom. The number of hydrogen-bond acceptors (Lipinski definition) is 7. The normalized spacial score (nSPS) is 14.5. The van der Waals surface area contributed by atoms with Gasteiger partial charge in [-0.05, 0) is 55.2 Å². The lowest BCUT2D eigenvalue weighted by molar-refractivity contribution is -0.124. The Morgan fingerprint density at radius 3 is 2.89 bits per heavy atom. The van der Waals surface area contributed by atoms with Crippen LogP contribution in [0.15, 0.2) is 65.8 Å². The third-order valence-electron chi connectivity index (χ3n) is 6.17. The molecule has 178 valence electrons. The third kappa shape index (κ3) is 4.63. The number of fused-ring (bicyclic) bond motifs is 1. The number of anilines is 2. The molecule has 35 heavy (non-hydrogen) atoms. The second kappa shape index (κ2) is 9.41. The van der Waals surface area contributed by atoms with Gasteiger partial charge in [-0.25, -0.2) is 14.6 Å². The summed E-state index contributed by atoms with van der Waals surface area (Å²) in [6.07, 6.45) is 6.44. The van der Waals surface area contributed by atoms with Crippen molar-refractivity contribution in [3.63, 3.8) is 0 Å². The van der Waals surface area contributed by atoms with E-state index in [1.165, 1.54) is 0 Å². The standard InChI is InChI=1S/C25H26N8O2/c1-16-18(6-9-22(26)31-16)14-29-24(34)21-8-7-20-15-28-23(25(35)33(20)21)27-13-17-4-2-5-19(12-17)32-11-3-10-30-32/h2-6,9-12,15,21H,7-8,13-14H2,1H3,(H2,26,31)(H,27,28)(H,29,34)/t21-/m0/s1. The number of nitrogen functional groups attached to an aromatic ring is 1. The number of carbonyl (C=O) groups excluding carboxylic acids is 1. The van der Waals surface area contributed by atoms with Crippen LogP contribution in [0.5, 0.6) is 0 Å². The number of aromatic nitrogens is 5. The Morgan fingerprint density at radius 2 is 2.09 bits per heavy atom. The molecule has 5 rings (SSSR count). The third-order valence-corrected chi connectivity index (χ3v) is 6.17. The first-order valence-corrected chi connectivity index (χ1v) is 11.4. The first kappa shape index (κ1) is 22.3. The van der Waals surface area contributed by atoms with Crippen LogP contribution in [-0.2, 0) is 24.3 Å². The largest absolute Gasteiger partial charge is 0.384 e. The van der Waals surface area contributed by atoms with E-state index in [2.05, 4.69) is 25.7 Å². The van der Waals surface area contributed by atoms with Crippen molar-refractivity contribution in [2.75, 3.05) is 11.1 Å². The highest BCUT2D eigenvalue weighted by molar-refractivity contribution is 5.81. The van der Waals surface area contributed by atoms with E-state index in [0.29, 0.717) is 31.7 Å². The molecule has 1 aromatic carbocycles. The van der Waals surface area contributed by atoms with Crippen LogP contribution in [0.4, 0.5) is 11.6 Å². The summed E-state index contributed by atoms with van der Waals surface area (Å²) in [5, 5.41) is 10.3. The van der Waals surface area contributed by atoms with Gasteiger partial charge >= 0.3 is 0 Å². The molecule has 4 N–H and O–H groups in total. The molecule has 1 aliphatic heterocycles. The van der Waals surface area contributed by atoms with E-state index in [-0.39, 0.29) is 17.3 Å². The highest BCUT2D eigenvalue weighted by Gasteiger charge is 2.30. The summed E-state index contributed by atoms with van der Waals surface area (Å²) < 4.78 is 3.33. The Kier molecular flexibility index (Phi) is 6.01. The van der Waals surface area contributed by atoms with Gasteiger partial charge in [0.1, 0.15) is 11.9 Å². The zero-order valence-electron chi connectivity index (χ0n) is 19.3. The lowest BCUT2D eigenvalue weighted by Gasteiger charge is -2.16. The molecular weight excluding hydrogens is 444 g/mol. The predicted molar refractivity (Wildman–Crippen MR) is 132 cm³/mol. The fourth-order valence-corrected chi connectivity index (χ4v) is 4.32. The molecule has 0 bridgehead atoms. The minimum atomic E-state index is -0.578. The molecule has 1 aliphatic rings. The van der Waals surface area contributed by atoms with Crippen molar-refractivity contribution in [2.24, 2.45) is 0 Å². The molecule has 1 amide bonds. The lowest BCUT2D eigenvalue weighted by Crippen LogP contribution is -2.36. The number of aryl methyl sites for hydroxylation is 2. The first-order valence-electron chi connectivity index (χ1n) is 11.4. The van der Waals surface area contributed by atoms with Gasteiger partial charge in [0.25, 0.3) is 5.56 Å². The summed E-state index contributed by atoms with van der Waals surface area (Å²) in [6, 6.07) is 12.7. The summed E-state index contributed by atoms with van der Waals surface area (Å²) in [7, 11) is 0. The maximum atomic E-state index is 13.2. The lowest BCUT2D eigenvalue weighted by atomic mass is 10.1. The fraction of sp³-hybridized carbons (Fsp3) is 0.240. The SMILES string of the molecule is Cc1nc(N)ccc1CNC(=O)[C@@H]1CCc2cnc(NCc3cccc(-n4cccn4)c3)c(=O)n21. The highest BCUT2D eigenvalue weighted by atomic mass is 16.2. The second-order valence-electron chi connectivity index (χ2n) is 8.50. The van der Waals surface area contributed by atoms with Gasteiger partial charge in [0.2, 0.25) is 5.91 Å². The van der Waals surface area contributed by atoms with Gasteiger partial charge in [-0.3, -0.25) is 14.2 Å². The van der Waals surface area contributed by atoms with Crippen molar-refractivity contribution in [3.8, 4) is 5.69 Å². The minimum absolute atomic E-state index is 0.203. The molecule has 0 unspecified atom stereocenters.